The van der Waals surface area contributed by atoms with Gasteiger partial charge in [0.1, 0.15) is 0 Å². The molecule has 0 spiro atoms. The molecule has 1 aromatic heterocycles. The summed E-state index contributed by atoms with van der Waals surface area (Å²) in [6, 6.07) is 15.5. The molecule has 2 N–H and O–H groups in total. The zero-order chi connectivity index (χ0) is 21.5. The third kappa shape index (κ3) is 3.72. The Morgan fingerprint density at radius 2 is 1.87 bits per heavy atom. The summed E-state index contributed by atoms with van der Waals surface area (Å²) in [6.45, 7) is 1.73. The Morgan fingerprint density at radius 3 is 2.68 bits per heavy atom. The second kappa shape index (κ2) is 7.85. The SMILES string of the molecule is CN1CC[C@H](C(=O)N[C@H]2c3ccccc3C[C@@H]2NC(=O)c2ccc3c(ccn3C)c2)C1. The van der Waals surface area contributed by atoms with E-state index in [-0.39, 0.29) is 29.8 Å². The van der Waals surface area contributed by atoms with Crippen LogP contribution in [0.5, 0.6) is 0 Å². The molecule has 160 valence electrons. The van der Waals surface area contributed by atoms with Crippen LogP contribution in [0.25, 0.3) is 10.9 Å². The number of nitrogens with one attached hydrogen (secondary N) is 2. The monoisotopic (exact) mass is 416 g/mol. The van der Waals surface area contributed by atoms with Crippen molar-refractivity contribution in [3.63, 3.8) is 0 Å². The van der Waals surface area contributed by atoms with E-state index in [1.165, 1.54) is 5.56 Å². The number of rotatable bonds is 4. The molecule has 3 aromatic rings. The lowest BCUT2D eigenvalue weighted by atomic mass is 10.0. The van der Waals surface area contributed by atoms with E-state index in [0.29, 0.717) is 12.0 Å². The minimum atomic E-state index is -0.209. The summed E-state index contributed by atoms with van der Waals surface area (Å²) in [5, 5.41) is 7.49. The van der Waals surface area contributed by atoms with Crippen LogP contribution in [0.1, 0.15) is 33.9 Å². The molecular weight excluding hydrogens is 388 g/mol. The molecule has 0 radical (unpaired) electrons. The van der Waals surface area contributed by atoms with E-state index < -0.39 is 0 Å². The molecule has 2 amide bonds. The summed E-state index contributed by atoms with van der Waals surface area (Å²) in [7, 11) is 4.04. The largest absolute Gasteiger partial charge is 0.351 e. The molecule has 1 aliphatic carbocycles. The van der Waals surface area contributed by atoms with E-state index in [4.69, 9.17) is 0 Å². The number of amides is 2. The molecule has 2 heterocycles. The second-order valence-electron chi connectivity index (χ2n) is 8.92. The summed E-state index contributed by atoms with van der Waals surface area (Å²) in [5.41, 5.74) is 4.01. The lowest BCUT2D eigenvalue weighted by molar-refractivity contribution is -0.125. The lowest BCUT2D eigenvalue weighted by Crippen LogP contribution is -2.46. The third-order valence-corrected chi connectivity index (χ3v) is 6.76. The van der Waals surface area contributed by atoms with Gasteiger partial charge in [0.15, 0.2) is 0 Å². The van der Waals surface area contributed by atoms with E-state index in [2.05, 4.69) is 27.7 Å². The Balaban J connectivity index is 1.36. The van der Waals surface area contributed by atoms with E-state index >= 15 is 0 Å². The van der Waals surface area contributed by atoms with Crippen molar-refractivity contribution in [2.45, 2.75) is 24.9 Å². The molecule has 0 saturated carbocycles. The van der Waals surface area contributed by atoms with Crippen molar-refractivity contribution in [3.8, 4) is 0 Å². The van der Waals surface area contributed by atoms with E-state index in [0.717, 1.165) is 36.0 Å². The highest BCUT2D eigenvalue weighted by Gasteiger charge is 2.36. The molecule has 6 nitrogen and oxygen atoms in total. The first-order chi connectivity index (χ1) is 15.0. The number of carbonyl (C=O) groups is 2. The number of likely N-dealkylation sites (tertiary alicyclic amines) is 1. The van der Waals surface area contributed by atoms with Gasteiger partial charge in [-0.15, -0.1) is 0 Å². The number of fused-ring (bicyclic) bond motifs is 2. The fourth-order valence-electron chi connectivity index (χ4n) is 5.00. The van der Waals surface area contributed by atoms with Crippen molar-refractivity contribution in [3.05, 3.63) is 71.4 Å². The Hall–Kier alpha value is -3.12. The third-order valence-electron chi connectivity index (χ3n) is 6.76. The van der Waals surface area contributed by atoms with E-state index in [9.17, 15) is 9.59 Å². The summed E-state index contributed by atoms with van der Waals surface area (Å²) >= 11 is 0. The fraction of sp³-hybridized carbons (Fsp3) is 0.360. The molecule has 1 fully saturated rings. The first-order valence-electron chi connectivity index (χ1n) is 10.9. The van der Waals surface area contributed by atoms with Crippen molar-refractivity contribution in [1.29, 1.82) is 0 Å². The highest BCUT2D eigenvalue weighted by atomic mass is 16.2. The lowest BCUT2D eigenvalue weighted by Gasteiger charge is -2.24. The van der Waals surface area contributed by atoms with Gasteiger partial charge in [0.2, 0.25) is 5.91 Å². The normalized spacial score (nSPS) is 23.1. The fourth-order valence-corrected chi connectivity index (χ4v) is 5.00. The maximum absolute atomic E-state index is 13.1. The summed E-state index contributed by atoms with van der Waals surface area (Å²) < 4.78 is 2.04. The first-order valence-corrected chi connectivity index (χ1v) is 10.9. The van der Waals surface area contributed by atoms with Crippen LogP contribution in [0.3, 0.4) is 0 Å². The topological polar surface area (TPSA) is 66.4 Å². The summed E-state index contributed by atoms with van der Waals surface area (Å²) in [6.07, 6.45) is 3.59. The zero-order valence-corrected chi connectivity index (χ0v) is 18.0. The minimum absolute atomic E-state index is 0.00889. The number of aryl methyl sites for hydroxylation is 1. The van der Waals surface area contributed by atoms with Crippen molar-refractivity contribution in [1.82, 2.24) is 20.1 Å². The van der Waals surface area contributed by atoms with Gasteiger partial charge in [0.25, 0.3) is 5.91 Å². The highest BCUT2D eigenvalue weighted by molar-refractivity contribution is 5.98. The number of hydrogen-bond donors (Lipinski definition) is 2. The van der Waals surface area contributed by atoms with Gasteiger partial charge >= 0.3 is 0 Å². The Labute approximate surface area is 182 Å². The van der Waals surface area contributed by atoms with Crippen LogP contribution < -0.4 is 10.6 Å². The molecule has 6 heteroatoms. The average molecular weight is 417 g/mol. The van der Waals surface area contributed by atoms with Gasteiger partial charge in [-0.3, -0.25) is 9.59 Å². The van der Waals surface area contributed by atoms with Crippen molar-refractivity contribution >= 4 is 22.7 Å². The van der Waals surface area contributed by atoms with Crippen LogP contribution in [0.2, 0.25) is 0 Å². The maximum atomic E-state index is 13.1. The van der Waals surface area contributed by atoms with Gasteiger partial charge in [-0.2, -0.15) is 0 Å². The van der Waals surface area contributed by atoms with Gasteiger partial charge < -0.3 is 20.1 Å². The second-order valence-corrected chi connectivity index (χ2v) is 8.92. The molecule has 0 unspecified atom stereocenters. The predicted molar refractivity (Wildman–Crippen MR) is 121 cm³/mol. The summed E-state index contributed by atoms with van der Waals surface area (Å²) in [5.74, 6) is -0.0194. The van der Waals surface area contributed by atoms with Gasteiger partial charge in [0, 0.05) is 36.3 Å². The highest BCUT2D eigenvalue weighted by Crippen LogP contribution is 2.32. The summed E-state index contributed by atoms with van der Waals surface area (Å²) in [4.78, 5) is 28.2. The van der Waals surface area contributed by atoms with Crippen LogP contribution in [-0.4, -0.2) is 47.5 Å². The molecule has 3 atom stereocenters. The van der Waals surface area contributed by atoms with Crippen LogP contribution in [0.15, 0.2) is 54.7 Å². The van der Waals surface area contributed by atoms with E-state index in [1.54, 1.807) is 0 Å². The molecular formula is C25H28N4O2. The average Bonchev–Trinajstić information content (AvgIpc) is 3.46. The number of hydrogen-bond acceptors (Lipinski definition) is 3. The molecule has 1 saturated heterocycles. The number of aromatic nitrogens is 1. The quantitative estimate of drug-likeness (QED) is 0.687. The van der Waals surface area contributed by atoms with Crippen LogP contribution in [0.4, 0.5) is 0 Å². The Kier molecular flexibility index (Phi) is 5.02. The van der Waals surface area contributed by atoms with Crippen LogP contribution >= 0.6 is 0 Å². The van der Waals surface area contributed by atoms with E-state index in [1.807, 2.05) is 61.3 Å². The van der Waals surface area contributed by atoms with Crippen molar-refractivity contribution in [2.24, 2.45) is 13.0 Å². The van der Waals surface area contributed by atoms with Crippen LogP contribution in [0, 0.1) is 5.92 Å². The van der Waals surface area contributed by atoms with Gasteiger partial charge in [0.05, 0.1) is 18.0 Å². The minimum Gasteiger partial charge on any atom is -0.351 e. The molecule has 31 heavy (non-hydrogen) atoms. The first kappa shape index (κ1) is 19.8. The van der Waals surface area contributed by atoms with Crippen molar-refractivity contribution in [2.75, 3.05) is 20.1 Å². The molecule has 5 rings (SSSR count). The van der Waals surface area contributed by atoms with Gasteiger partial charge in [-0.25, -0.2) is 0 Å². The number of nitrogens with zero attached hydrogens (tertiary/aromatic N) is 2. The number of benzene rings is 2. The number of carbonyl (C=O) groups excluding carboxylic acids is 2. The van der Waals surface area contributed by atoms with Crippen molar-refractivity contribution < 1.29 is 9.59 Å². The maximum Gasteiger partial charge on any atom is 0.251 e. The molecule has 1 aliphatic heterocycles. The van der Waals surface area contributed by atoms with Crippen LogP contribution in [-0.2, 0) is 18.3 Å². The smallest absolute Gasteiger partial charge is 0.251 e. The Bertz CT molecular complexity index is 1150. The Morgan fingerprint density at radius 1 is 1.03 bits per heavy atom. The van der Waals surface area contributed by atoms with Gasteiger partial charge in [-0.1, -0.05) is 24.3 Å². The molecule has 2 aliphatic rings. The van der Waals surface area contributed by atoms with Gasteiger partial charge in [-0.05, 0) is 61.8 Å². The molecule has 2 aromatic carbocycles. The molecule has 0 bridgehead atoms. The predicted octanol–water partition coefficient (Wildman–Crippen LogP) is 2.64. The zero-order valence-electron chi connectivity index (χ0n) is 18.0. The standard InChI is InChI=1S/C25H28N4O2/c1-28-11-9-19(15-28)25(31)27-23-20-6-4-3-5-16(20)14-21(23)26-24(30)18-7-8-22-17(13-18)10-12-29(22)2/h3-8,10,12-13,19,21,23H,9,11,14-15H2,1-2H3,(H,26,30)(H,27,31)/t19-,21-,23-/m0/s1.